The highest BCUT2D eigenvalue weighted by Crippen LogP contribution is 2.17. The summed E-state index contributed by atoms with van der Waals surface area (Å²) in [4.78, 5) is 31.5. The van der Waals surface area contributed by atoms with Crippen LogP contribution in [-0.2, 0) is 11.2 Å². The molecule has 0 bridgehead atoms. The smallest absolute Gasteiger partial charge is 0.317 e. The molecule has 2 rings (SSSR count). The Kier molecular flexibility index (Phi) is 4.97. The van der Waals surface area contributed by atoms with Gasteiger partial charge in [-0.15, -0.1) is 0 Å². The second-order valence-corrected chi connectivity index (χ2v) is 4.97. The molecule has 2 heterocycles. The van der Waals surface area contributed by atoms with Crippen LogP contribution >= 0.6 is 0 Å². The number of aliphatic carboxylic acids is 1. The summed E-state index contributed by atoms with van der Waals surface area (Å²) in [7, 11) is 0. The summed E-state index contributed by atoms with van der Waals surface area (Å²) in [6.45, 7) is 1.63. The lowest BCUT2D eigenvalue weighted by Gasteiger charge is -2.30. The minimum Gasteiger partial charge on any atom is -0.481 e. The van der Waals surface area contributed by atoms with Gasteiger partial charge in [0.15, 0.2) is 0 Å². The van der Waals surface area contributed by atoms with Crippen LogP contribution in [0.15, 0.2) is 12.4 Å². The summed E-state index contributed by atoms with van der Waals surface area (Å²) in [5, 5.41) is 11.8. The highest BCUT2D eigenvalue weighted by molar-refractivity contribution is 5.75. The van der Waals surface area contributed by atoms with Crippen LogP contribution in [0.4, 0.5) is 4.79 Å². The molecule has 7 nitrogen and oxygen atoms in total. The SMILES string of the molecule is O=C(O)C1CCN(C(=O)NCCCc2ncc[nH]2)CC1. The van der Waals surface area contributed by atoms with Gasteiger partial charge in [0.25, 0.3) is 0 Å². The molecule has 0 saturated carbocycles. The van der Waals surface area contributed by atoms with Crippen LogP contribution in [0.1, 0.15) is 25.1 Å². The summed E-state index contributed by atoms with van der Waals surface area (Å²) in [6, 6.07) is -0.103. The fourth-order valence-corrected chi connectivity index (χ4v) is 2.33. The molecule has 0 unspecified atom stereocenters. The van der Waals surface area contributed by atoms with Gasteiger partial charge < -0.3 is 20.3 Å². The zero-order chi connectivity index (χ0) is 14.4. The Morgan fingerprint density at radius 3 is 2.80 bits per heavy atom. The number of amides is 2. The van der Waals surface area contributed by atoms with Crippen molar-refractivity contribution in [1.29, 1.82) is 0 Å². The second-order valence-electron chi connectivity index (χ2n) is 4.97. The number of urea groups is 1. The summed E-state index contributed by atoms with van der Waals surface area (Å²) in [5.41, 5.74) is 0. The summed E-state index contributed by atoms with van der Waals surface area (Å²) in [5.74, 6) is -0.150. The van der Waals surface area contributed by atoms with Crippen LogP contribution in [0.25, 0.3) is 0 Å². The number of nitrogens with zero attached hydrogens (tertiary/aromatic N) is 2. The van der Waals surface area contributed by atoms with Gasteiger partial charge >= 0.3 is 12.0 Å². The van der Waals surface area contributed by atoms with Crippen molar-refractivity contribution in [2.75, 3.05) is 19.6 Å². The van der Waals surface area contributed by atoms with Crippen molar-refractivity contribution in [3.05, 3.63) is 18.2 Å². The van der Waals surface area contributed by atoms with E-state index in [0.717, 1.165) is 18.7 Å². The first-order chi connectivity index (χ1) is 9.66. The number of carbonyl (C=O) groups excluding carboxylic acids is 1. The highest BCUT2D eigenvalue weighted by atomic mass is 16.4. The number of aromatic nitrogens is 2. The molecule has 1 aromatic heterocycles. The van der Waals surface area contributed by atoms with Crippen LogP contribution in [-0.4, -0.2) is 51.6 Å². The Labute approximate surface area is 117 Å². The summed E-state index contributed by atoms with van der Waals surface area (Å²) >= 11 is 0. The highest BCUT2D eigenvalue weighted by Gasteiger charge is 2.26. The van der Waals surface area contributed by atoms with E-state index in [0.29, 0.717) is 32.5 Å². The second kappa shape index (κ2) is 6.93. The number of hydrogen-bond acceptors (Lipinski definition) is 3. The van der Waals surface area contributed by atoms with Gasteiger partial charge in [0, 0.05) is 38.4 Å². The first kappa shape index (κ1) is 14.4. The van der Waals surface area contributed by atoms with E-state index in [9.17, 15) is 9.59 Å². The number of hydrogen-bond donors (Lipinski definition) is 3. The quantitative estimate of drug-likeness (QED) is 0.696. The van der Waals surface area contributed by atoms with E-state index in [1.807, 2.05) is 0 Å². The zero-order valence-electron chi connectivity index (χ0n) is 11.3. The third-order valence-electron chi connectivity index (χ3n) is 3.55. The Bertz CT molecular complexity index is 438. The maximum Gasteiger partial charge on any atom is 0.317 e. The van der Waals surface area contributed by atoms with Crippen LogP contribution < -0.4 is 5.32 Å². The summed E-state index contributed by atoms with van der Waals surface area (Å²) < 4.78 is 0. The van der Waals surface area contributed by atoms with Crippen LogP contribution in [0.5, 0.6) is 0 Å². The van der Waals surface area contributed by atoms with Gasteiger partial charge in [0.1, 0.15) is 5.82 Å². The number of rotatable bonds is 5. The third-order valence-corrected chi connectivity index (χ3v) is 3.55. The number of likely N-dealkylation sites (tertiary alicyclic amines) is 1. The van der Waals surface area contributed by atoms with Crippen molar-refractivity contribution in [3.63, 3.8) is 0 Å². The molecule has 2 amide bonds. The predicted octanol–water partition coefficient (Wildman–Crippen LogP) is 0.848. The van der Waals surface area contributed by atoms with Gasteiger partial charge in [0.05, 0.1) is 5.92 Å². The molecule has 3 N–H and O–H groups in total. The van der Waals surface area contributed by atoms with Gasteiger partial charge in [-0.3, -0.25) is 4.79 Å². The van der Waals surface area contributed by atoms with Gasteiger partial charge in [-0.1, -0.05) is 0 Å². The van der Waals surface area contributed by atoms with Gasteiger partial charge in [0.2, 0.25) is 0 Å². The minimum absolute atomic E-state index is 0.103. The van der Waals surface area contributed by atoms with Crippen molar-refractivity contribution in [1.82, 2.24) is 20.2 Å². The number of aromatic amines is 1. The number of carboxylic acids is 1. The van der Waals surface area contributed by atoms with E-state index in [1.165, 1.54) is 0 Å². The lowest BCUT2D eigenvalue weighted by molar-refractivity contribution is -0.143. The first-order valence-electron chi connectivity index (χ1n) is 6.90. The van der Waals surface area contributed by atoms with Gasteiger partial charge in [-0.05, 0) is 19.3 Å². The lowest BCUT2D eigenvalue weighted by Crippen LogP contribution is -2.45. The van der Waals surface area contributed by atoms with Gasteiger partial charge in [-0.2, -0.15) is 0 Å². The maximum atomic E-state index is 11.9. The number of nitrogens with one attached hydrogen (secondary N) is 2. The fraction of sp³-hybridized carbons (Fsp3) is 0.615. The molecule has 0 atom stereocenters. The summed E-state index contributed by atoms with van der Waals surface area (Å²) in [6.07, 6.45) is 6.19. The van der Waals surface area contributed by atoms with Crippen molar-refractivity contribution in [3.8, 4) is 0 Å². The van der Waals surface area contributed by atoms with Crippen molar-refractivity contribution < 1.29 is 14.7 Å². The Balaban J connectivity index is 1.62. The Morgan fingerprint density at radius 1 is 1.45 bits per heavy atom. The molecule has 7 heteroatoms. The molecule has 0 spiro atoms. The molecular weight excluding hydrogens is 260 g/mol. The van der Waals surface area contributed by atoms with Crippen LogP contribution in [0, 0.1) is 5.92 Å². The van der Waals surface area contributed by atoms with E-state index < -0.39 is 5.97 Å². The zero-order valence-corrected chi connectivity index (χ0v) is 11.3. The fourth-order valence-electron chi connectivity index (χ4n) is 2.33. The van der Waals surface area contributed by atoms with Crippen LogP contribution in [0.3, 0.4) is 0 Å². The molecule has 20 heavy (non-hydrogen) atoms. The number of aryl methyl sites for hydroxylation is 1. The average Bonchev–Trinajstić information content (AvgIpc) is 2.96. The molecule has 1 fully saturated rings. The Hall–Kier alpha value is -2.05. The third kappa shape index (κ3) is 3.97. The number of imidazole rings is 1. The number of carbonyl (C=O) groups is 2. The van der Waals surface area contributed by atoms with Gasteiger partial charge in [-0.25, -0.2) is 9.78 Å². The maximum absolute atomic E-state index is 11.9. The predicted molar refractivity (Wildman–Crippen MR) is 72.2 cm³/mol. The van der Waals surface area contributed by atoms with Crippen molar-refractivity contribution >= 4 is 12.0 Å². The van der Waals surface area contributed by atoms with E-state index in [4.69, 9.17) is 5.11 Å². The molecule has 1 aromatic rings. The van der Waals surface area contributed by atoms with E-state index in [-0.39, 0.29) is 11.9 Å². The Morgan fingerprint density at radius 2 is 2.20 bits per heavy atom. The molecule has 1 aliphatic rings. The van der Waals surface area contributed by atoms with Crippen molar-refractivity contribution in [2.24, 2.45) is 5.92 Å². The standard InChI is InChI=1S/C13H20N4O3/c18-12(19)10-3-8-17(9-4-10)13(20)16-5-1-2-11-14-6-7-15-11/h6-7,10H,1-5,8-9H2,(H,14,15)(H,16,20)(H,18,19). The minimum atomic E-state index is -0.761. The average molecular weight is 280 g/mol. The molecule has 1 saturated heterocycles. The monoisotopic (exact) mass is 280 g/mol. The van der Waals surface area contributed by atoms with E-state index >= 15 is 0 Å². The van der Waals surface area contributed by atoms with E-state index in [1.54, 1.807) is 17.3 Å². The molecule has 110 valence electrons. The lowest BCUT2D eigenvalue weighted by atomic mass is 9.97. The topological polar surface area (TPSA) is 98.3 Å². The number of H-pyrrole nitrogens is 1. The number of carboxylic acid groups (broad SMARTS) is 1. The largest absolute Gasteiger partial charge is 0.481 e. The van der Waals surface area contributed by atoms with Crippen LogP contribution in [0.2, 0.25) is 0 Å². The number of piperidine rings is 1. The van der Waals surface area contributed by atoms with Crippen molar-refractivity contribution in [2.45, 2.75) is 25.7 Å². The first-order valence-corrected chi connectivity index (χ1v) is 6.90. The normalized spacial score (nSPS) is 16.1. The molecular formula is C13H20N4O3. The van der Waals surface area contributed by atoms with E-state index in [2.05, 4.69) is 15.3 Å². The molecule has 1 aliphatic heterocycles. The molecule has 0 aliphatic carbocycles. The molecule has 0 aromatic carbocycles. The molecule has 0 radical (unpaired) electrons.